The van der Waals surface area contributed by atoms with E-state index >= 15 is 0 Å². The highest BCUT2D eigenvalue weighted by atomic mass is 32.2. The molecule has 1 fully saturated rings. The molecule has 0 radical (unpaired) electrons. The van der Waals surface area contributed by atoms with Crippen molar-refractivity contribution in [3.63, 3.8) is 0 Å². The number of thioether (sulfide) groups is 1. The highest BCUT2D eigenvalue weighted by Gasteiger charge is 2.33. The van der Waals surface area contributed by atoms with E-state index in [-0.39, 0.29) is 11.7 Å². The van der Waals surface area contributed by atoms with E-state index in [9.17, 15) is 13.6 Å². The van der Waals surface area contributed by atoms with Gasteiger partial charge in [-0.05, 0) is 31.2 Å². The second kappa shape index (κ2) is 7.38. The molecule has 2 N–H and O–H groups in total. The van der Waals surface area contributed by atoms with Gasteiger partial charge in [0.25, 0.3) is 0 Å². The fourth-order valence-corrected chi connectivity index (χ4v) is 3.40. The quantitative estimate of drug-likeness (QED) is 0.881. The summed E-state index contributed by atoms with van der Waals surface area (Å²) in [6.45, 7) is 0.527. The van der Waals surface area contributed by atoms with Crippen molar-refractivity contribution in [3.05, 3.63) is 41.5 Å². The second-order valence-electron chi connectivity index (χ2n) is 5.83. The van der Waals surface area contributed by atoms with E-state index < -0.39 is 17.7 Å². The minimum atomic E-state index is -0.730. The summed E-state index contributed by atoms with van der Waals surface area (Å²) in [6, 6.07) is 2.40. The summed E-state index contributed by atoms with van der Waals surface area (Å²) in [4.78, 5) is 17.7. The van der Waals surface area contributed by atoms with Crippen LogP contribution in [0, 0.1) is 11.6 Å². The maximum atomic E-state index is 14.3. The summed E-state index contributed by atoms with van der Waals surface area (Å²) < 4.78 is 28.9. The average molecular weight is 367 g/mol. The van der Waals surface area contributed by atoms with Gasteiger partial charge in [0.2, 0.25) is 0 Å². The Morgan fingerprint density at radius 2 is 2.24 bits per heavy atom. The number of amides is 2. The largest absolute Gasteiger partial charge is 0.351 e. The number of halogens is 2. The molecular weight excluding hydrogens is 348 g/mol. The van der Waals surface area contributed by atoms with Crippen molar-refractivity contribution in [1.82, 2.24) is 19.7 Å². The van der Waals surface area contributed by atoms with Gasteiger partial charge < -0.3 is 10.6 Å². The Hall–Kier alpha value is -2.16. The molecule has 1 saturated heterocycles. The van der Waals surface area contributed by atoms with Crippen LogP contribution < -0.4 is 5.73 Å². The molecule has 0 bridgehead atoms. The summed E-state index contributed by atoms with van der Waals surface area (Å²) in [7, 11) is 0. The summed E-state index contributed by atoms with van der Waals surface area (Å²) >= 11 is 1.65. The molecule has 2 amide bonds. The maximum absolute atomic E-state index is 14.3. The summed E-state index contributed by atoms with van der Waals surface area (Å²) in [5, 5.41) is 4.40. The van der Waals surface area contributed by atoms with E-state index in [4.69, 9.17) is 5.73 Å². The SMILES string of the molecule is CSCCc1nc([C@@H]2CCCN2C(N)=O)n(-c2ccc(F)cc2F)n1. The van der Waals surface area contributed by atoms with Gasteiger partial charge in [-0.1, -0.05) is 0 Å². The monoisotopic (exact) mass is 367 g/mol. The van der Waals surface area contributed by atoms with Crippen LogP contribution in [0.1, 0.15) is 30.5 Å². The third-order valence-corrected chi connectivity index (χ3v) is 4.79. The van der Waals surface area contributed by atoms with E-state index in [1.54, 1.807) is 11.8 Å². The zero-order valence-corrected chi connectivity index (χ0v) is 14.6. The van der Waals surface area contributed by atoms with Crippen LogP contribution in [0.3, 0.4) is 0 Å². The topological polar surface area (TPSA) is 77.0 Å². The Bertz CT molecular complexity index is 782. The Kier molecular flexibility index (Phi) is 5.22. The van der Waals surface area contributed by atoms with Crippen LogP contribution in [-0.4, -0.2) is 44.2 Å². The van der Waals surface area contributed by atoms with Gasteiger partial charge in [0.1, 0.15) is 11.5 Å². The number of benzene rings is 1. The molecule has 3 rings (SSSR count). The number of hydrogen-bond acceptors (Lipinski definition) is 4. The molecule has 2 heterocycles. The zero-order valence-electron chi connectivity index (χ0n) is 13.8. The van der Waals surface area contributed by atoms with E-state index in [0.29, 0.717) is 31.0 Å². The fourth-order valence-electron chi connectivity index (χ4n) is 3.01. The molecule has 1 aromatic heterocycles. The van der Waals surface area contributed by atoms with Crippen molar-refractivity contribution >= 4 is 17.8 Å². The summed E-state index contributed by atoms with van der Waals surface area (Å²) in [5.41, 5.74) is 5.56. The van der Waals surface area contributed by atoms with Crippen LogP contribution in [-0.2, 0) is 6.42 Å². The first kappa shape index (κ1) is 17.7. The highest BCUT2D eigenvalue weighted by Crippen LogP contribution is 2.32. The number of carbonyl (C=O) groups is 1. The first-order valence-electron chi connectivity index (χ1n) is 7.97. The number of urea groups is 1. The van der Waals surface area contributed by atoms with Gasteiger partial charge in [-0.2, -0.15) is 16.9 Å². The molecular formula is C16H19F2N5OS. The average Bonchev–Trinajstić information content (AvgIpc) is 3.19. The number of aromatic nitrogens is 3. The van der Waals surface area contributed by atoms with Gasteiger partial charge in [-0.3, -0.25) is 0 Å². The summed E-state index contributed by atoms with van der Waals surface area (Å²) in [6.07, 6.45) is 4.05. The lowest BCUT2D eigenvalue weighted by molar-refractivity contribution is 0.200. The van der Waals surface area contributed by atoms with Crippen LogP contribution in [0.5, 0.6) is 0 Å². The molecule has 6 nitrogen and oxygen atoms in total. The third-order valence-electron chi connectivity index (χ3n) is 4.18. The predicted octanol–water partition coefficient (Wildman–Crippen LogP) is 2.67. The molecule has 1 aliphatic rings. The Morgan fingerprint density at radius 3 is 2.92 bits per heavy atom. The van der Waals surface area contributed by atoms with Crippen molar-refractivity contribution in [1.29, 1.82) is 0 Å². The van der Waals surface area contributed by atoms with Crippen molar-refractivity contribution in [2.75, 3.05) is 18.6 Å². The fraction of sp³-hybridized carbons (Fsp3) is 0.438. The van der Waals surface area contributed by atoms with Crippen LogP contribution in [0.4, 0.5) is 13.6 Å². The van der Waals surface area contributed by atoms with Crippen molar-refractivity contribution in [3.8, 4) is 5.69 Å². The first-order chi connectivity index (χ1) is 12.0. The van der Waals surface area contributed by atoms with Gasteiger partial charge in [-0.25, -0.2) is 23.2 Å². The van der Waals surface area contributed by atoms with Crippen molar-refractivity contribution in [2.24, 2.45) is 5.73 Å². The van der Waals surface area contributed by atoms with Gasteiger partial charge in [0.05, 0.1) is 6.04 Å². The summed E-state index contributed by atoms with van der Waals surface area (Å²) in [5.74, 6) is 0.443. The van der Waals surface area contributed by atoms with E-state index in [0.717, 1.165) is 18.2 Å². The van der Waals surface area contributed by atoms with Gasteiger partial charge in [0, 0.05) is 24.8 Å². The van der Waals surface area contributed by atoms with Crippen molar-refractivity contribution < 1.29 is 13.6 Å². The highest BCUT2D eigenvalue weighted by molar-refractivity contribution is 7.98. The molecule has 1 atom stereocenters. The van der Waals surface area contributed by atoms with E-state index in [1.807, 2.05) is 6.26 Å². The molecule has 1 aliphatic heterocycles. The lowest BCUT2D eigenvalue weighted by atomic mass is 10.2. The lowest BCUT2D eigenvalue weighted by Crippen LogP contribution is -2.36. The smallest absolute Gasteiger partial charge is 0.315 e. The normalized spacial score (nSPS) is 17.2. The number of aryl methyl sites for hydroxylation is 1. The minimum Gasteiger partial charge on any atom is -0.351 e. The molecule has 25 heavy (non-hydrogen) atoms. The van der Waals surface area contributed by atoms with E-state index in [2.05, 4.69) is 10.1 Å². The molecule has 9 heteroatoms. The molecule has 0 unspecified atom stereocenters. The molecule has 2 aromatic rings. The number of rotatable bonds is 5. The number of nitrogens with zero attached hydrogens (tertiary/aromatic N) is 4. The Labute approximate surface area is 148 Å². The maximum Gasteiger partial charge on any atom is 0.315 e. The lowest BCUT2D eigenvalue weighted by Gasteiger charge is -2.22. The Balaban J connectivity index is 2.06. The predicted molar refractivity (Wildman–Crippen MR) is 91.6 cm³/mol. The number of hydrogen-bond donors (Lipinski definition) is 1. The minimum absolute atomic E-state index is 0.107. The van der Waals surface area contributed by atoms with Crippen LogP contribution >= 0.6 is 11.8 Å². The third kappa shape index (κ3) is 3.60. The van der Waals surface area contributed by atoms with Crippen molar-refractivity contribution in [2.45, 2.75) is 25.3 Å². The molecule has 0 spiro atoms. The molecule has 0 saturated carbocycles. The Morgan fingerprint density at radius 1 is 1.44 bits per heavy atom. The number of likely N-dealkylation sites (tertiary alicyclic amines) is 1. The zero-order chi connectivity index (χ0) is 18.0. The standard InChI is InChI=1S/C16H19F2N5OS/c1-25-8-6-14-20-15(13-3-2-7-22(13)16(19)24)23(21-14)12-5-4-10(17)9-11(12)18/h4-5,9,13H,2-3,6-8H2,1H3,(H2,19,24)/t13-/m0/s1. The van der Waals surface area contributed by atoms with E-state index in [1.165, 1.54) is 21.7 Å². The molecule has 0 aliphatic carbocycles. The van der Waals surface area contributed by atoms with Gasteiger partial charge in [0.15, 0.2) is 17.5 Å². The number of carbonyl (C=O) groups excluding carboxylic acids is 1. The number of primary amides is 1. The molecule has 1 aromatic carbocycles. The second-order valence-corrected chi connectivity index (χ2v) is 6.81. The van der Waals surface area contributed by atoms with Gasteiger partial charge in [-0.15, -0.1) is 0 Å². The van der Waals surface area contributed by atoms with Crippen LogP contribution in [0.2, 0.25) is 0 Å². The van der Waals surface area contributed by atoms with Gasteiger partial charge >= 0.3 is 6.03 Å². The van der Waals surface area contributed by atoms with Crippen LogP contribution in [0.25, 0.3) is 5.69 Å². The molecule has 134 valence electrons. The first-order valence-corrected chi connectivity index (χ1v) is 9.37. The van der Waals surface area contributed by atoms with Crippen LogP contribution in [0.15, 0.2) is 18.2 Å². The number of nitrogens with two attached hydrogens (primary N) is 1.